The Bertz CT molecular complexity index is 383. The first-order valence-corrected chi connectivity index (χ1v) is 22.3. The molecule has 0 aromatic rings. The van der Waals surface area contributed by atoms with Crippen LogP contribution in [0.5, 0.6) is 0 Å². The summed E-state index contributed by atoms with van der Waals surface area (Å²) in [5, 5.41) is 0. The highest BCUT2D eigenvalue weighted by molar-refractivity contribution is 6.86. The van der Waals surface area contributed by atoms with Crippen molar-refractivity contribution >= 4 is 53.8 Å². The highest BCUT2D eigenvalue weighted by atomic mass is 28.5. The Kier molecular flexibility index (Phi) is 10.9. The van der Waals surface area contributed by atoms with Crippen molar-refractivity contribution in [3.8, 4) is 0 Å². The zero-order valence-electron chi connectivity index (χ0n) is 17.6. The van der Waals surface area contributed by atoms with E-state index in [1.807, 2.05) is 26.2 Å². The van der Waals surface area contributed by atoms with Gasteiger partial charge in [0.15, 0.2) is 9.04 Å². The Hall–Kier alpha value is 0.981. The Balaban J connectivity index is 4.67. The van der Waals surface area contributed by atoms with Crippen molar-refractivity contribution in [3.05, 3.63) is 0 Å². The van der Waals surface area contributed by atoms with Crippen molar-refractivity contribution in [2.24, 2.45) is 0 Å². The van der Waals surface area contributed by atoms with E-state index in [-0.39, 0.29) is 0 Å². The van der Waals surface area contributed by atoms with Crippen molar-refractivity contribution in [1.82, 2.24) is 0 Å². The molecular formula is C11H36O8Si6. The van der Waals surface area contributed by atoms with Gasteiger partial charge in [-0.2, -0.15) is 0 Å². The molecule has 0 aliphatic carbocycles. The van der Waals surface area contributed by atoms with Gasteiger partial charge in [0.1, 0.15) is 0 Å². The van der Waals surface area contributed by atoms with E-state index in [4.69, 9.17) is 33.9 Å². The van der Waals surface area contributed by atoms with Crippen LogP contribution in [0.25, 0.3) is 0 Å². The number of rotatable bonds is 13. The fraction of sp³-hybridized carbons (Fsp3) is 1.00. The summed E-state index contributed by atoms with van der Waals surface area (Å²) in [6.07, 6.45) is 0. The van der Waals surface area contributed by atoms with Crippen molar-refractivity contribution < 1.29 is 33.9 Å². The van der Waals surface area contributed by atoms with E-state index >= 15 is 0 Å². The molecule has 25 heavy (non-hydrogen) atoms. The second-order valence-electron chi connectivity index (χ2n) is 7.09. The number of hydrogen-bond acceptors (Lipinski definition) is 8. The van der Waals surface area contributed by atoms with Gasteiger partial charge in [-0.25, -0.2) is 0 Å². The lowest BCUT2D eigenvalue weighted by Crippen LogP contribution is -2.56. The van der Waals surface area contributed by atoms with E-state index in [0.717, 1.165) is 0 Å². The van der Waals surface area contributed by atoms with Crippen LogP contribution < -0.4 is 0 Å². The summed E-state index contributed by atoms with van der Waals surface area (Å²) < 4.78 is 46.1. The molecule has 0 N–H and O–H groups in total. The van der Waals surface area contributed by atoms with Gasteiger partial charge >= 0.3 is 34.7 Å². The fourth-order valence-corrected chi connectivity index (χ4v) is 22.8. The molecule has 0 saturated carbocycles. The third-order valence-corrected chi connectivity index (χ3v) is 21.6. The van der Waals surface area contributed by atoms with Gasteiger partial charge in [-0.1, -0.05) is 0 Å². The molecule has 0 aliphatic rings. The summed E-state index contributed by atoms with van der Waals surface area (Å²) >= 11 is 0. The topological polar surface area (TPSA) is 73.8 Å². The van der Waals surface area contributed by atoms with Crippen LogP contribution in [0, 0.1) is 0 Å². The van der Waals surface area contributed by atoms with Crippen molar-refractivity contribution in [1.29, 1.82) is 0 Å². The summed E-state index contributed by atoms with van der Waals surface area (Å²) in [4.78, 5) is 0. The highest BCUT2D eigenvalue weighted by Crippen LogP contribution is 2.22. The monoisotopic (exact) mass is 464 g/mol. The molecule has 0 aromatic heterocycles. The van der Waals surface area contributed by atoms with E-state index in [9.17, 15) is 0 Å². The van der Waals surface area contributed by atoms with Gasteiger partial charge in [-0.3, -0.25) is 0 Å². The van der Waals surface area contributed by atoms with Crippen molar-refractivity contribution in [2.45, 2.75) is 52.4 Å². The first kappa shape index (κ1) is 26.0. The van der Waals surface area contributed by atoms with E-state index in [1.165, 1.54) is 21.3 Å². The van der Waals surface area contributed by atoms with Crippen LogP contribution >= 0.6 is 0 Å². The minimum Gasteiger partial charge on any atom is -0.440 e. The molecule has 14 heteroatoms. The third kappa shape index (κ3) is 10.8. The Morgan fingerprint density at radius 2 is 1.08 bits per heavy atom. The maximum atomic E-state index is 6.31. The lowest BCUT2D eigenvalue weighted by Gasteiger charge is -2.38. The standard InChI is InChI=1S/C11H36O8Si6/c1-12-25(13-2,14-3)16-20-15-22(6,7)18-24(10,11)19-23(8,9)17-21(4)5/h21H,20H2,1-11H3. The highest BCUT2D eigenvalue weighted by Gasteiger charge is 2.44. The van der Waals surface area contributed by atoms with E-state index in [1.54, 1.807) is 0 Å². The number of hydrogen-bond donors (Lipinski definition) is 0. The van der Waals surface area contributed by atoms with E-state index in [2.05, 4.69) is 26.2 Å². The lowest BCUT2D eigenvalue weighted by molar-refractivity contribution is 0.0473. The SMILES string of the molecule is CO[Si](OC)(OC)O[SiH2]O[Si](C)(C)O[Si](C)(C)O[Si](C)(C)O[SiH](C)C. The van der Waals surface area contributed by atoms with Crippen LogP contribution in [-0.2, 0) is 33.9 Å². The summed E-state index contributed by atoms with van der Waals surface area (Å²) in [6.45, 7) is 16.5. The second-order valence-corrected chi connectivity index (χ2v) is 24.9. The van der Waals surface area contributed by atoms with Crippen LogP contribution in [0.3, 0.4) is 0 Å². The predicted molar refractivity (Wildman–Crippen MR) is 112 cm³/mol. The molecule has 152 valence electrons. The lowest BCUT2D eigenvalue weighted by atomic mass is 11.8. The molecule has 8 nitrogen and oxygen atoms in total. The fourth-order valence-electron chi connectivity index (χ4n) is 2.50. The zero-order valence-corrected chi connectivity index (χ0v) is 24.1. The Morgan fingerprint density at radius 3 is 1.48 bits per heavy atom. The molecule has 0 saturated heterocycles. The minimum absolute atomic E-state index is 1.15. The molecular weight excluding hydrogens is 429 g/mol. The molecule has 0 radical (unpaired) electrons. The molecule has 0 aliphatic heterocycles. The predicted octanol–water partition coefficient (Wildman–Crippen LogP) is 1.53. The van der Waals surface area contributed by atoms with Gasteiger partial charge in [-0.05, 0) is 52.4 Å². The molecule has 0 spiro atoms. The smallest absolute Gasteiger partial charge is 0.440 e. The summed E-state index contributed by atoms with van der Waals surface area (Å²) in [5.41, 5.74) is 0. The average molecular weight is 465 g/mol. The quantitative estimate of drug-likeness (QED) is 0.380. The van der Waals surface area contributed by atoms with Gasteiger partial charge in [0.25, 0.3) is 10.0 Å². The summed E-state index contributed by atoms with van der Waals surface area (Å²) in [7, 11) is -8.07. The second kappa shape index (κ2) is 10.5. The molecule has 0 atom stereocenters. The summed E-state index contributed by atoms with van der Waals surface area (Å²) in [6, 6.07) is 0. The largest absolute Gasteiger partial charge is 0.669 e. The van der Waals surface area contributed by atoms with E-state index < -0.39 is 53.8 Å². The van der Waals surface area contributed by atoms with Crippen molar-refractivity contribution in [2.75, 3.05) is 21.3 Å². The summed E-state index contributed by atoms with van der Waals surface area (Å²) in [5.74, 6) is 0. The maximum Gasteiger partial charge on any atom is 0.669 e. The normalized spacial score (nSPS) is 14.9. The first-order valence-electron chi connectivity index (χ1n) is 8.23. The van der Waals surface area contributed by atoms with Gasteiger partial charge < -0.3 is 33.9 Å². The maximum absolute atomic E-state index is 6.31. The zero-order chi connectivity index (χ0) is 19.9. The third-order valence-electron chi connectivity index (χ3n) is 2.89. The van der Waals surface area contributed by atoms with Crippen LogP contribution in [0.15, 0.2) is 0 Å². The van der Waals surface area contributed by atoms with Crippen LogP contribution in [0.1, 0.15) is 0 Å². The van der Waals surface area contributed by atoms with Gasteiger partial charge in [0.2, 0.25) is 0 Å². The molecule has 0 aromatic carbocycles. The van der Waals surface area contributed by atoms with Crippen molar-refractivity contribution in [3.63, 3.8) is 0 Å². The Morgan fingerprint density at radius 1 is 0.640 bits per heavy atom. The first-order chi connectivity index (χ1) is 11.2. The van der Waals surface area contributed by atoms with Gasteiger partial charge in [-0.15, -0.1) is 0 Å². The molecule has 0 fully saturated rings. The van der Waals surface area contributed by atoms with E-state index in [0.29, 0.717) is 0 Å². The Labute approximate surface area is 161 Å². The molecule has 0 heterocycles. The molecule has 0 amide bonds. The molecule has 0 bridgehead atoms. The average Bonchev–Trinajstić information content (AvgIpc) is 2.39. The minimum atomic E-state index is -3.06. The molecule has 0 unspecified atom stereocenters. The van der Waals surface area contributed by atoms with Crippen LogP contribution in [-0.4, -0.2) is 75.1 Å². The van der Waals surface area contributed by atoms with Gasteiger partial charge in [0.05, 0.1) is 0 Å². The van der Waals surface area contributed by atoms with Crippen LogP contribution in [0.4, 0.5) is 0 Å². The van der Waals surface area contributed by atoms with Gasteiger partial charge in [0, 0.05) is 21.3 Å². The van der Waals surface area contributed by atoms with Crippen LogP contribution in [0.2, 0.25) is 52.4 Å². The molecule has 0 rings (SSSR count).